The molecule has 1 amide bonds. The van der Waals surface area contributed by atoms with E-state index in [4.69, 9.17) is 4.52 Å². The van der Waals surface area contributed by atoms with E-state index in [-0.39, 0.29) is 11.4 Å². The van der Waals surface area contributed by atoms with Crippen LogP contribution < -0.4 is 0 Å². The Morgan fingerprint density at radius 1 is 1.44 bits per heavy atom. The molecular weight excluding hydrogens is 230 g/mol. The highest BCUT2D eigenvalue weighted by Crippen LogP contribution is 2.37. The monoisotopic (exact) mass is 249 g/mol. The lowest BCUT2D eigenvalue weighted by molar-refractivity contribution is -0.0410. The first-order valence-electron chi connectivity index (χ1n) is 6.55. The largest absolute Gasteiger partial charge is 0.361 e. The van der Waals surface area contributed by atoms with Gasteiger partial charge in [0.05, 0.1) is 0 Å². The van der Waals surface area contributed by atoms with Gasteiger partial charge in [-0.1, -0.05) is 5.16 Å². The lowest BCUT2D eigenvalue weighted by Crippen LogP contribution is -2.66. The number of likely N-dealkylation sites (N-methyl/N-ethyl adjacent to an activating group) is 1. The van der Waals surface area contributed by atoms with Gasteiger partial charge in [0.15, 0.2) is 5.69 Å². The van der Waals surface area contributed by atoms with E-state index in [0.29, 0.717) is 11.5 Å². The zero-order chi connectivity index (χ0) is 12.8. The van der Waals surface area contributed by atoms with Crippen molar-refractivity contribution in [2.24, 2.45) is 0 Å². The van der Waals surface area contributed by atoms with E-state index < -0.39 is 0 Å². The van der Waals surface area contributed by atoms with Crippen LogP contribution in [0.4, 0.5) is 0 Å². The molecule has 2 fully saturated rings. The first-order valence-corrected chi connectivity index (χ1v) is 6.55. The van der Waals surface area contributed by atoms with Crippen molar-refractivity contribution in [3.63, 3.8) is 0 Å². The number of rotatable bonds is 1. The molecule has 0 saturated carbocycles. The van der Waals surface area contributed by atoms with E-state index in [1.54, 1.807) is 13.0 Å². The summed E-state index contributed by atoms with van der Waals surface area (Å²) in [6.45, 7) is 4.61. The number of aryl methyl sites for hydroxylation is 1. The second kappa shape index (κ2) is 4.09. The molecule has 1 unspecified atom stereocenters. The van der Waals surface area contributed by atoms with Crippen LogP contribution in [0.2, 0.25) is 0 Å². The molecule has 5 nitrogen and oxygen atoms in total. The van der Waals surface area contributed by atoms with Crippen LogP contribution in [0, 0.1) is 6.92 Å². The Morgan fingerprint density at radius 3 is 2.83 bits per heavy atom. The van der Waals surface area contributed by atoms with E-state index in [0.717, 1.165) is 26.1 Å². The summed E-state index contributed by atoms with van der Waals surface area (Å²) >= 11 is 0. The van der Waals surface area contributed by atoms with Crippen molar-refractivity contribution < 1.29 is 9.32 Å². The number of amides is 1. The van der Waals surface area contributed by atoms with Crippen molar-refractivity contribution in [3.05, 3.63) is 17.5 Å². The van der Waals surface area contributed by atoms with Crippen molar-refractivity contribution in [1.29, 1.82) is 0 Å². The summed E-state index contributed by atoms with van der Waals surface area (Å²) < 4.78 is 4.98. The standard InChI is InChI=1S/C13H19N3O2/c1-10-8-11(14-18-10)12(17)16-6-3-4-13(9-16)5-7-15(13)2/h8H,3-7,9H2,1-2H3. The second-order valence-corrected chi connectivity index (χ2v) is 5.55. The van der Waals surface area contributed by atoms with Crippen molar-refractivity contribution in [2.75, 3.05) is 26.7 Å². The van der Waals surface area contributed by atoms with Gasteiger partial charge in [0.1, 0.15) is 5.76 Å². The molecular formula is C13H19N3O2. The molecule has 0 aliphatic carbocycles. The molecule has 3 rings (SSSR count). The predicted molar refractivity (Wildman–Crippen MR) is 66.4 cm³/mol. The Labute approximate surface area is 107 Å². The van der Waals surface area contributed by atoms with Gasteiger partial charge in [-0.3, -0.25) is 9.69 Å². The maximum Gasteiger partial charge on any atom is 0.276 e. The van der Waals surface area contributed by atoms with Crippen molar-refractivity contribution in [2.45, 2.75) is 31.7 Å². The van der Waals surface area contributed by atoms with Crippen molar-refractivity contribution >= 4 is 5.91 Å². The minimum Gasteiger partial charge on any atom is -0.361 e. The molecule has 1 aromatic heterocycles. The third-order valence-electron chi connectivity index (χ3n) is 4.41. The average Bonchev–Trinajstić information content (AvgIpc) is 2.83. The Morgan fingerprint density at radius 2 is 2.28 bits per heavy atom. The summed E-state index contributed by atoms with van der Waals surface area (Å²) in [5.41, 5.74) is 0.665. The van der Waals surface area contributed by atoms with Crippen LogP contribution in [-0.2, 0) is 0 Å². The molecule has 5 heteroatoms. The summed E-state index contributed by atoms with van der Waals surface area (Å²) in [5.74, 6) is 0.692. The van der Waals surface area contributed by atoms with E-state index in [1.807, 2.05) is 4.90 Å². The molecule has 98 valence electrons. The van der Waals surface area contributed by atoms with Crippen LogP contribution in [0.5, 0.6) is 0 Å². The van der Waals surface area contributed by atoms with Gasteiger partial charge in [-0.25, -0.2) is 0 Å². The summed E-state index contributed by atoms with van der Waals surface area (Å²) in [7, 11) is 2.15. The molecule has 2 aliphatic heterocycles. The third kappa shape index (κ3) is 1.73. The van der Waals surface area contributed by atoms with Gasteiger partial charge in [0, 0.05) is 31.2 Å². The SMILES string of the molecule is Cc1cc(C(=O)N2CCCC3(CCN3C)C2)no1. The van der Waals surface area contributed by atoms with Gasteiger partial charge in [-0.2, -0.15) is 0 Å². The summed E-state index contributed by atoms with van der Waals surface area (Å²) in [4.78, 5) is 16.6. The highest BCUT2D eigenvalue weighted by molar-refractivity contribution is 5.92. The van der Waals surface area contributed by atoms with Crippen LogP contribution in [0.3, 0.4) is 0 Å². The van der Waals surface area contributed by atoms with Gasteiger partial charge in [0.25, 0.3) is 5.91 Å². The second-order valence-electron chi connectivity index (χ2n) is 5.55. The van der Waals surface area contributed by atoms with Crippen LogP contribution >= 0.6 is 0 Å². The third-order valence-corrected chi connectivity index (χ3v) is 4.41. The Hall–Kier alpha value is -1.36. The highest BCUT2D eigenvalue weighted by atomic mass is 16.5. The van der Waals surface area contributed by atoms with Gasteiger partial charge in [-0.15, -0.1) is 0 Å². The number of nitrogens with zero attached hydrogens (tertiary/aromatic N) is 3. The molecule has 1 aromatic rings. The first-order chi connectivity index (χ1) is 8.61. The van der Waals surface area contributed by atoms with Gasteiger partial charge in [-0.05, 0) is 33.2 Å². The first kappa shape index (κ1) is 11.7. The molecule has 3 heterocycles. The fourth-order valence-electron chi connectivity index (χ4n) is 3.08. The van der Waals surface area contributed by atoms with E-state index >= 15 is 0 Å². The predicted octanol–water partition coefficient (Wildman–Crippen LogP) is 1.29. The van der Waals surface area contributed by atoms with Crippen LogP contribution in [0.1, 0.15) is 35.5 Å². The molecule has 2 saturated heterocycles. The van der Waals surface area contributed by atoms with Gasteiger partial charge in [0.2, 0.25) is 0 Å². The lowest BCUT2D eigenvalue weighted by atomic mass is 9.78. The molecule has 0 aromatic carbocycles. The topological polar surface area (TPSA) is 49.6 Å². The number of carbonyl (C=O) groups excluding carboxylic acids is 1. The number of likely N-dealkylation sites (tertiary alicyclic amines) is 2. The highest BCUT2D eigenvalue weighted by Gasteiger charge is 2.46. The van der Waals surface area contributed by atoms with E-state index in [9.17, 15) is 4.79 Å². The molecule has 0 radical (unpaired) electrons. The van der Waals surface area contributed by atoms with Crippen molar-refractivity contribution in [1.82, 2.24) is 15.0 Å². The van der Waals surface area contributed by atoms with E-state index in [1.165, 1.54) is 12.8 Å². The average molecular weight is 249 g/mol. The molecule has 1 atom stereocenters. The van der Waals surface area contributed by atoms with Crippen molar-refractivity contribution in [3.8, 4) is 0 Å². The number of hydrogen-bond donors (Lipinski definition) is 0. The summed E-state index contributed by atoms with van der Waals surface area (Å²) in [6, 6.07) is 1.72. The molecule has 2 aliphatic rings. The van der Waals surface area contributed by atoms with E-state index in [2.05, 4.69) is 17.1 Å². The Bertz CT molecular complexity index is 471. The fourth-order valence-corrected chi connectivity index (χ4v) is 3.08. The fraction of sp³-hybridized carbons (Fsp3) is 0.692. The Kier molecular flexibility index (Phi) is 2.66. The van der Waals surface area contributed by atoms with Crippen LogP contribution in [0.25, 0.3) is 0 Å². The number of carbonyl (C=O) groups is 1. The maximum absolute atomic E-state index is 12.3. The zero-order valence-corrected chi connectivity index (χ0v) is 11.0. The van der Waals surface area contributed by atoms with Crippen LogP contribution in [-0.4, -0.2) is 53.1 Å². The molecule has 18 heavy (non-hydrogen) atoms. The smallest absolute Gasteiger partial charge is 0.276 e. The van der Waals surface area contributed by atoms with Crippen LogP contribution in [0.15, 0.2) is 10.6 Å². The number of hydrogen-bond acceptors (Lipinski definition) is 4. The zero-order valence-electron chi connectivity index (χ0n) is 11.0. The molecule has 1 spiro atoms. The number of piperidine rings is 1. The summed E-state index contributed by atoms with van der Waals surface area (Å²) in [6.07, 6.45) is 3.48. The normalized spacial score (nSPS) is 28.4. The Balaban J connectivity index is 1.74. The molecule has 0 N–H and O–H groups in total. The quantitative estimate of drug-likeness (QED) is 0.752. The minimum absolute atomic E-state index is 0.00576. The minimum atomic E-state index is 0.00576. The summed E-state index contributed by atoms with van der Waals surface area (Å²) in [5, 5.41) is 3.82. The maximum atomic E-state index is 12.3. The van der Waals surface area contributed by atoms with Gasteiger partial charge >= 0.3 is 0 Å². The number of aromatic nitrogens is 1. The van der Waals surface area contributed by atoms with Gasteiger partial charge < -0.3 is 9.42 Å². The molecule has 0 bridgehead atoms. The lowest BCUT2D eigenvalue weighted by Gasteiger charge is -2.55.